The molecule has 5 amide bonds. The summed E-state index contributed by atoms with van der Waals surface area (Å²) in [5, 5.41) is 5.11. The smallest absolute Gasteiger partial charge is 0.312 e. The van der Waals surface area contributed by atoms with Crippen molar-refractivity contribution < 1.29 is 19.2 Å². The maximum absolute atomic E-state index is 12.4. The number of halogens is 2. The van der Waals surface area contributed by atoms with E-state index in [1.165, 1.54) is 19.1 Å². The predicted molar refractivity (Wildman–Crippen MR) is 104 cm³/mol. The number of thioether (sulfide) groups is 1. The van der Waals surface area contributed by atoms with Crippen LogP contribution in [0, 0.1) is 0 Å². The van der Waals surface area contributed by atoms with Crippen LogP contribution in [-0.4, -0.2) is 47.1 Å². The summed E-state index contributed by atoms with van der Waals surface area (Å²) in [5.41, 5.74) is 5.50. The van der Waals surface area contributed by atoms with E-state index in [1.807, 2.05) is 0 Å². The number of carbonyl (C=O) groups excluding carboxylic acids is 4. The van der Waals surface area contributed by atoms with Gasteiger partial charge in [0.25, 0.3) is 11.1 Å². The number of carbonyl (C=O) groups is 4. The molecule has 0 saturated carbocycles. The highest BCUT2D eigenvalue weighted by atomic mass is 35.5. The first kappa shape index (κ1) is 21.1. The molecule has 0 aliphatic carbocycles. The Morgan fingerprint density at radius 1 is 1.33 bits per heavy atom. The molecular weight excluding hydrogens is 415 g/mol. The van der Waals surface area contributed by atoms with Crippen LogP contribution in [0.15, 0.2) is 23.1 Å². The first-order valence-corrected chi connectivity index (χ1v) is 9.30. The third-order valence-electron chi connectivity index (χ3n) is 3.51. The molecule has 1 heterocycles. The lowest BCUT2D eigenvalue weighted by Gasteiger charge is -2.15. The molecule has 0 radical (unpaired) electrons. The number of nitrogens with one attached hydrogen (secondary N) is 2. The fourth-order valence-electron chi connectivity index (χ4n) is 2.18. The number of amides is 5. The Morgan fingerprint density at radius 2 is 2.04 bits per heavy atom. The van der Waals surface area contributed by atoms with Gasteiger partial charge >= 0.3 is 6.03 Å². The molecule has 8 nitrogen and oxygen atoms in total. The number of imide groups is 1. The highest BCUT2D eigenvalue weighted by Crippen LogP contribution is 2.33. The summed E-state index contributed by atoms with van der Waals surface area (Å²) in [6.07, 6.45) is 1.51. The predicted octanol–water partition coefficient (Wildman–Crippen LogP) is 2.20. The molecule has 1 aromatic carbocycles. The lowest BCUT2D eigenvalue weighted by molar-refractivity contribution is -0.124. The molecule has 1 aromatic rings. The van der Waals surface area contributed by atoms with Crippen LogP contribution in [0.2, 0.25) is 10.0 Å². The van der Waals surface area contributed by atoms with E-state index in [-0.39, 0.29) is 18.0 Å². The fraction of sp³-hybridized carbons (Fsp3) is 0.250. The van der Waals surface area contributed by atoms with Crippen molar-refractivity contribution in [1.29, 1.82) is 0 Å². The van der Waals surface area contributed by atoms with Crippen LogP contribution in [0.5, 0.6) is 0 Å². The molecule has 144 valence electrons. The fourth-order valence-corrected chi connectivity index (χ4v) is 3.49. The van der Waals surface area contributed by atoms with Crippen molar-refractivity contribution in [1.82, 2.24) is 15.5 Å². The summed E-state index contributed by atoms with van der Waals surface area (Å²) < 4.78 is 0. The Morgan fingerprint density at radius 3 is 2.67 bits per heavy atom. The van der Waals surface area contributed by atoms with E-state index < -0.39 is 29.1 Å². The molecule has 27 heavy (non-hydrogen) atoms. The van der Waals surface area contributed by atoms with Crippen LogP contribution >= 0.6 is 35.0 Å². The second kappa shape index (κ2) is 9.12. The Labute approximate surface area is 169 Å². The van der Waals surface area contributed by atoms with Gasteiger partial charge in [-0.1, -0.05) is 29.3 Å². The normalized spacial score (nSPS) is 16.6. The van der Waals surface area contributed by atoms with Crippen molar-refractivity contribution in [3.8, 4) is 0 Å². The van der Waals surface area contributed by atoms with Gasteiger partial charge in [-0.05, 0) is 42.5 Å². The average Bonchev–Trinajstić information content (AvgIpc) is 2.84. The Kier molecular flexibility index (Phi) is 7.11. The first-order chi connectivity index (χ1) is 12.7. The largest absolute Gasteiger partial charge is 0.353 e. The second-order valence-corrected chi connectivity index (χ2v) is 7.36. The van der Waals surface area contributed by atoms with Crippen LogP contribution in [0.1, 0.15) is 12.5 Å². The molecule has 11 heteroatoms. The Hall–Kier alpha value is -2.23. The van der Waals surface area contributed by atoms with Crippen LogP contribution in [0.25, 0.3) is 6.08 Å². The number of primary amides is 1. The summed E-state index contributed by atoms with van der Waals surface area (Å²) >= 11 is 12.7. The van der Waals surface area contributed by atoms with Gasteiger partial charge in [0.15, 0.2) is 0 Å². The summed E-state index contributed by atoms with van der Waals surface area (Å²) in [6, 6.07) is 3.15. The molecule has 1 saturated heterocycles. The van der Waals surface area contributed by atoms with Crippen molar-refractivity contribution in [3.63, 3.8) is 0 Å². The summed E-state index contributed by atoms with van der Waals surface area (Å²) in [5.74, 6) is -0.960. The van der Waals surface area contributed by atoms with Gasteiger partial charge in [0.2, 0.25) is 5.91 Å². The SMILES string of the molecule is C[C@H](NC(N)=O)C(=O)NCCN1C(=O)S/C(=C\c2ccc(Cl)cc2Cl)C1=O. The van der Waals surface area contributed by atoms with Gasteiger partial charge in [-0.25, -0.2) is 4.79 Å². The lowest BCUT2D eigenvalue weighted by Crippen LogP contribution is -2.48. The number of rotatable bonds is 6. The Balaban J connectivity index is 1.97. The zero-order valence-corrected chi connectivity index (χ0v) is 16.5. The minimum Gasteiger partial charge on any atom is -0.353 e. The van der Waals surface area contributed by atoms with Crippen molar-refractivity contribution in [2.75, 3.05) is 13.1 Å². The summed E-state index contributed by atoms with van der Waals surface area (Å²) in [4.78, 5) is 48.2. The Bertz CT molecular complexity index is 831. The average molecular weight is 431 g/mol. The first-order valence-electron chi connectivity index (χ1n) is 7.73. The van der Waals surface area contributed by atoms with E-state index >= 15 is 0 Å². The van der Waals surface area contributed by atoms with Gasteiger partial charge < -0.3 is 16.4 Å². The van der Waals surface area contributed by atoms with E-state index in [0.717, 1.165) is 16.7 Å². The van der Waals surface area contributed by atoms with Gasteiger partial charge in [0.1, 0.15) is 6.04 Å². The van der Waals surface area contributed by atoms with E-state index in [2.05, 4.69) is 10.6 Å². The van der Waals surface area contributed by atoms with Crippen LogP contribution in [0.4, 0.5) is 9.59 Å². The zero-order chi connectivity index (χ0) is 20.1. The zero-order valence-electron chi connectivity index (χ0n) is 14.1. The number of nitrogens with zero attached hydrogens (tertiary/aromatic N) is 1. The number of hydrogen-bond acceptors (Lipinski definition) is 5. The molecule has 0 aromatic heterocycles. The van der Waals surface area contributed by atoms with Gasteiger partial charge in [-0.15, -0.1) is 0 Å². The van der Waals surface area contributed by atoms with E-state index in [1.54, 1.807) is 12.1 Å². The van der Waals surface area contributed by atoms with Crippen molar-refractivity contribution in [2.45, 2.75) is 13.0 Å². The van der Waals surface area contributed by atoms with Crippen molar-refractivity contribution in [3.05, 3.63) is 38.7 Å². The lowest BCUT2D eigenvalue weighted by atomic mass is 10.2. The number of nitrogens with two attached hydrogens (primary N) is 1. The molecule has 2 rings (SSSR count). The van der Waals surface area contributed by atoms with Gasteiger partial charge in [0, 0.05) is 23.1 Å². The van der Waals surface area contributed by atoms with E-state index in [9.17, 15) is 19.2 Å². The van der Waals surface area contributed by atoms with Crippen molar-refractivity contribution >= 4 is 64.1 Å². The second-order valence-electron chi connectivity index (χ2n) is 5.52. The van der Waals surface area contributed by atoms with Gasteiger partial charge in [0.05, 0.1) is 4.91 Å². The molecule has 0 unspecified atom stereocenters. The molecule has 1 atom stereocenters. The molecule has 1 aliphatic heterocycles. The quantitative estimate of drug-likeness (QED) is 0.597. The van der Waals surface area contributed by atoms with Crippen molar-refractivity contribution in [2.24, 2.45) is 5.73 Å². The summed E-state index contributed by atoms with van der Waals surface area (Å²) in [7, 11) is 0. The van der Waals surface area contributed by atoms with Gasteiger partial charge in [-0.3, -0.25) is 19.3 Å². The third-order valence-corrected chi connectivity index (χ3v) is 4.98. The highest BCUT2D eigenvalue weighted by Gasteiger charge is 2.34. The highest BCUT2D eigenvalue weighted by molar-refractivity contribution is 8.18. The van der Waals surface area contributed by atoms with Crippen LogP contribution in [0.3, 0.4) is 0 Å². The monoisotopic (exact) mass is 430 g/mol. The topological polar surface area (TPSA) is 122 Å². The van der Waals surface area contributed by atoms with Gasteiger partial charge in [-0.2, -0.15) is 0 Å². The van der Waals surface area contributed by atoms with E-state index in [0.29, 0.717) is 15.6 Å². The minimum atomic E-state index is -0.829. The van der Waals surface area contributed by atoms with Crippen LogP contribution < -0.4 is 16.4 Å². The molecular formula is C16H16Cl2N4O4S. The molecule has 0 spiro atoms. The molecule has 1 aliphatic rings. The van der Waals surface area contributed by atoms with Crippen LogP contribution in [-0.2, 0) is 9.59 Å². The van der Waals surface area contributed by atoms with E-state index in [4.69, 9.17) is 28.9 Å². The number of hydrogen-bond donors (Lipinski definition) is 3. The molecule has 1 fully saturated rings. The maximum Gasteiger partial charge on any atom is 0.312 e. The number of benzene rings is 1. The minimum absolute atomic E-state index is 0.00854. The maximum atomic E-state index is 12.4. The third kappa shape index (κ3) is 5.62. The molecule has 4 N–H and O–H groups in total. The summed E-state index contributed by atoms with van der Waals surface area (Å²) in [6.45, 7) is 1.49. The molecule has 0 bridgehead atoms. The standard InChI is InChI=1S/C16H16Cl2N4O4S/c1-8(21-15(19)25)13(23)20-4-5-22-14(24)12(27-16(22)26)6-9-2-3-10(17)7-11(9)18/h2-3,6-8H,4-5H2,1H3,(H,20,23)(H3,19,21,25)/b12-6-/t8-/m0/s1. The number of urea groups is 1.